The number of benzene rings is 3. The zero-order valence-electron chi connectivity index (χ0n) is 17.8. The third kappa shape index (κ3) is 5.56. The molecule has 0 atom stereocenters. The zero-order valence-corrected chi connectivity index (χ0v) is 18.6. The molecule has 0 spiro atoms. The van der Waals surface area contributed by atoms with Gasteiger partial charge in [-0.2, -0.15) is 0 Å². The number of hydrogen-bond acceptors (Lipinski definition) is 5. The van der Waals surface area contributed by atoms with Crippen LogP contribution in [0.3, 0.4) is 0 Å². The highest BCUT2D eigenvalue weighted by Gasteiger charge is 2.14. The van der Waals surface area contributed by atoms with Gasteiger partial charge in [0.2, 0.25) is 11.1 Å². The van der Waals surface area contributed by atoms with Crippen molar-refractivity contribution in [3.63, 3.8) is 0 Å². The normalized spacial score (nSPS) is 10.7. The number of nitrogens with zero attached hydrogens (tertiary/aromatic N) is 3. The van der Waals surface area contributed by atoms with Crippen molar-refractivity contribution in [2.45, 2.75) is 18.1 Å². The number of methoxy groups -OCH3 is 1. The second-order valence-electron chi connectivity index (χ2n) is 7.05. The second kappa shape index (κ2) is 10.6. The van der Waals surface area contributed by atoms with Crippen molar-refractivity contribution in [3.05, 3.63) is 90.5 Å². The molecular weight excluding hydrogens is 420 g/mol. The van der Waals surface area contributed by atoms with Crippen LogP contribution in [0, 0.1) is 0 Å². The molecule has 0 aliphatic carbocycles. The molecule has 4 aromatic rings. The lowest BCUT2D eigenvalue weighted by Crippen LogP contribution is -2.22. The number of para-hydroxylation sites is 1. The van der Waals surface area contributed by atoms with E-state index in [1.807, 2.05) is 89.6 Å². The number of carbonyl (C=O) groups excluding carboxylic acids is 1. The summed E-state index contributed by atoms with van der Waals surface area (Å²) in [4.78, 5) is 17.0. The summed E-state index contributed by atoms with van der Waals surface area (Å²) >= 11 is 1.48. The molecule has 0 unspecified atom stereocenters. The lowest BCUT2D eigenvalue weighted by molar-refractivity contribution is -0.120. The molecule has 1 aromatic heterocycles. The first kappa shape index (κ1) is 21.6. The van der Waals surface area contributed by atoms with Gasteiger partial charge in [-0.1, -0.05) is 72.4 Å². The Labute approximate surface area is 191 Å². The minimum atomic E-state index is -0.000840. The summed E-state index contributed by atoms with van der Waals surface area (Å²) in [6.07, 6.45) is 0.390. The summed E-state index contributed by atoms with van der Waals surface area (Å²) in [5.41, 5.74) is 2.97. The van der Waals surface area contributed by atoms with Gasteiger partial charge in [-0.05, 0) is 29.8 Å². The van der Waals surface area contributed by atoms with Crippen molar-refractivity contribution in [3.8, 4) is 22.8 Å². The van der Waals surface area contributed by atoms with E-state index in [2.05, 4.69) is 10.4 Å². The SMILES string of the molecule is COc1ccc(CNC(=O)CCSc2nc(-c3ccccc3)n(-c3ccccc3)n2)cc1. The van der Waals surface area contributed by atoms with Gasteiger partial charge >= 0.3 is 0 Å². The molecule has 3 aromatic carbocycles. The molecular formula is C25H24N4O2S. The van der Waals surface area contributed by atoms with Crippen LogP contribution in [-0.4, -0.2) is 33.5 Å². The molecule has 0 bridgehead atoms. The maximum Gasteiger partial charge on any atom is 0.221 e. The van der Waals surface area contributed by atoms with Crippen LogP contribution < -0.4 is 10.1 Å². The molecule has 7 heteroatoms. The molecule has 6 nitrogen and oxygen atoms in total. The molecule has 1 heterocycles. The van der Waals surface area contributed by atoms with Gasteiger partial charge in [0.1, 0.15) is 5.75 Å². The highest BCUT2D eigenvalue weighted by molar-refractivity contribution is 7.99. The molecule has 0 fully saturated rings. The summed E-state index contributed by atoms with van der Waals surface area (Å²) in [5.74, 6) is 2.18. The lowest BCUT2D eigenvalue weighted by atomic mass is 10.2. The monoisotopic (exact) mass is 444 g/mol. The smallest absolute Gasteiger partial charge is 0.221 e. The van der Waals surface area contributed by atoms with Gasteiger partial charge in [-0.3, -0.25) is 4.79 Å². The molecule has 162 valence electrons. The van der Waals surface area contributed by atoms with Crippen LogP contribution in [0.15, 0.2) is 90.1 Å². The van der Waals surface area contributed by atoms with E-state index in [9.17, 15) is 4.79 Å². The Morgan fingerprint density at radius 3 is 2.34 bits per heavy atom. The number of carbonyl (C=O) groups is 1. The van der Waals surface area contributed by atoms with Crippen molar-refractivity contribution in [1.82, 2.24) is 20.1 Å². The fourth-order valence-electron chi connectivity index (χ4n) is 3.15. The Balaban J connectivity index is 1.37. The first-order chi connectivity index (χ1) is 15.7. The summed E-state index contributed by atoms with van der Waals surface area (Å²) in [7, 11) is 1.63. The van der Waals surface area contributed by atoms with Crippen molar-refractivity contribution >= 4 is 17.7 Å². The van der Waals surface area contributed by atoms with Crippen LogP contribution >= 0.6 is 11.8 Å². The standard InChI is InChI=1S/C25H24N4O2S/c1-31-22-14-12-19(13-15-22)18-26-23(30)16-17-32-25-27-24(20-8-4-2-5-9-20)29(28-25)21-10-6-3-7-11-21/h2-15H,16-18H2,1H3,(H,26,30). The van der Waals surface area contributed by atoms with Crippen molar-refractivity contribution in [2.75, 3.05) is 12.9 Å². The Bertz CT molecular complexity index is 1090. The van der Waals surface area contributed by atoms with Gasteiger partial charge in [0, 0.05) is 24.3 Å². The van der Waals surface area contributed by atoms with Crippen LogP contribution in [0.5, 0.6) is 5.75 Å². The Kier molecular flexibility index (Phi) is 7.19. The number of ether oxygens (including phenoxy) is 1. The maximum atomic E-state index is 12.2. The third-order valence-corrected chi connectivity index (χ3v) is 5.67. The van der Waals surface area contributed by atoms with E-state index in [0.29, 0.717) is 23.9 Å². The van der Waals surface area contributed by atoms with Crippen LogP contribution in [0.1, 0.15) is 12.0 Å². The minimum Gasteiger partial charge on any atom is -0.497 e. The molecule has 1 N–H and O–H groups in total. The topological polar surface area (TPSA) is 69.0 Å². The molecule has 0 radical (unpaired) electrons. The van der Waals surface area contributed by atoms with Crippen LogP contribution in [0.25, 0.3) is 17.1 Å². The summed E-state index contributed by atoms with van der Waals surface area (Å²) in [5, 5.41) is 8.29. The summed E-state index contributed by atoms with van der Waals surface area (Å²) in [6.45, 7) is 0.493. The minimum absolute atomic E-state index is 0.000840. The molecule has 1 amide bonds. The first-order valence-corrected chi connectivity index (χ1v) is 11.3. The van der Waals surface area contributed by atoms with Gasteiger partial charge in [-0.25, -0.2) is 9.67 Å². The van der Waals surface area contributed by atoms with E-state index in [0.717, 1.165) is 28.4 Å². The van der Waals surface area contributed by atoms with Crippen molar-refractivity contribution < 1.29 is 9.53 Å². The fraction of sp³-hybridized carbons (Fsp3) is 0.160. The van der Waals surface area contributed by atoms with Crippen LogP contribution in [-0.2, 0) is 11.3 Å². The van der Waals surface area contributed by atoms with E-state index in [1.54, 1.807) is 7.11 Å². The van der Waals surface area contributed by atoms with E-state index >= 15 is 0 Å². The van der Waals surface area contributed by atoms with Gasteiger partial charge < -0.3 is 10.1 Å². The second-order valence-corrected chi connectivity index (χ2v) is 8.12. The van der Waals surface area contributed by atoms with Gasteiger partial charge in [0.15, 0.2) is 5.82 Å². The van der Waals surface area contributed by atoms with E-state index < -0.39 is 0 Å². The molecule has 0 saturated carbocycles. The molecule has 0 aliphatic rings. The quantitative estimate of drug-likeness (QED) is 0.378. The summed E-state index contributed by atoms with van der Waals surface area (Å²) in [6, 6.07) is 27.6. The number of hydrogen-bond donors (Lipinski definition) is 1. The van der Waals surface area contributed by atoms with Crippen molar-refractivity contribution in [1.29, 1.82) is 0 Å². The Morgan fingerprint density at radius 1 is 0.969 bits per heavy atom. The highest BCUT2D eigenvalue weighted by atomic mass is 32.2. The number of amides is 1. The molecule has 32 heavy (non-hydrogen) atoms. The predicted molar refractivity (Wildman–Crippen MR) is 127 cm³/mol. The maximum absolute atomic E-state index is 12.2. The third-order valence-electron chi connectivity index (χ3n) is 4.83. The van der Waals surface area contributed by atoms with Crippen LogP contribution in [0.2, 0.25) is 0 Å². The highest BCUT2D eigenvalue weighted by Crippen LogP contribution is 2.25. The average molecular weight is 445 g/mol. The number of thioether (sulfide) groups is 1. The Morgan fingerprint density at radius 2 is 1.66 bits per heavy atom. The zero-order chi connectivity index (χ0) is 22.2. The molecule has 0 aliphatic heterocycles. The average Bonchev–Trinajstić information content (AvgIpc) is 3.28. The fourth-order valence-corrected chi connectivity index (χ4v) is 3.91. The number of nitrogens with one attached hydrogen (secondary N) is 1. The van der Waals surface area contributed by atoms with Crippen molar-refractivity contribution in [2.24, 2.45) is 0 Å². The molecule has 4 rings (SSSR count). The molecule has 0 saturated heterocycles. The summed E-state index contributed by atoms with van der Waals surface area (Å²) < 4.78 is 7.00. The van der Waals surface area contributed by atoms with Gasteiger partial charge in [-0.15, -0.1) is 5.10 Å². The number of aromatic nitrogens is 3. The van der Waals surface area contributed by atoms with E-state index in [1.165, 1.54) is 11.8 Å². The lowest BCUT2D eigenvalue weighted by Gasteiger charge is -2.06. The Hall–Kier alpha value is -3.58. The van der Waals surface area contributed by atoms with E-state index in [-0.39, 0.29) is 5.91 Å². The largest absolute Gasteiger partial charge is 0.497 e. The predicted octanol–water partition coefficient (Wildman–Crippen LogP) is 4.74. The van der Waals surface area contributed by atoms with Crippen LogP contribution in [0.4, 0.5) is 0 Å². The number of rotatable bonds is 9. The van der Waals surface area contributed by atoms with Gasteiger partial charge in [0.25, 0.3) is 0 Å². The van der Waals surface area contributed by atoms with Gasteiger partial charge in [0.05, 0.1) is 12.8 Å². The van der Waals surface area contributed by atoms with E-state index in [4.69, 9.17) is 9.72 Å². The first-order valence-electron chi connectivity index (χ1n) is 10.3.